The van der Waals surface area contributed by atoms with Gasteiger partial charge in [0.1, 0.15) is 11.9 Å². The second kappa shape index (κ2) is 4.90. The second-order valence-corrected chi connectivity index (χ2v) is 6.40. The average Bonchev–Trinajstić information content (AvgIpc) is 2.36. The van der Waals surface area contributed by atoms with Crippen molar-refractivity contribution in [2.75, 3.05) is 20.1 Å². The molecule has 0 saturated carbocycles. The SMILES string of the molecule is CC1C(=O)N(C)CCN1S(=O)(=O)c1ccc(F)cc1. The van der Waals surface area contributed by atoms with Gasteiger partial charge < -0.3 is 4.90 Å². The Kier molecular flexibility index (Phi) is 3.60. The minimum atomic E-state index is -3.77. The van der Waals surface area contributed by atoms with E-state index in [1.807, 2.05) is 0 Å². The van der Waals surface area contributed by atoms with Crippen LogP contribution in [0, 0.1) is 5.82 Å². The molecule has 104 valence electrons. The highest BCUT2D eigenvalue weighted by molar-refractivity contribution is 7.89. The third-order valence-electron chi connectivity index (χ3n) is 3.24. The first-order valence-corrected chi connectivity index (χ1v) is 7.30. The quantitative estimate of drug-likeness (QED) is 0.803. The summed E-state index contributed by atoms with van der Waals surface area (Å²) >= 11 is 0. The van der Waals surface area contributed by atoms with Crippen LogP contribution in [0.4, 0.5) is 4.39 Å². The van der Waals surface area contributed by atoms with E-state index in [9.17, 15) is 17.6 Å². The van der Waals surface area contributed by atoms with E-state index in [4.69, 9.17) is 0 Å². The van der Waals surface area contributed by atoms with E-state index in [0.29, 0.717) is 6.54 Å². The molecule has 1 aromatic rings. The average molecular weight is 286 g/mol. The zero-order chi connectivity index (χ0) is 14.2. The summed E-state index contributed by atoms with van der Waals surface area (Å²) in [7, 11) is -2.13. The second-order valence-electron chi connectivity index (χ2n) is 4.51. The maximum absolute atomic E-state index is 12.8. The lowest BCUT2D eigenvalue weighted by molar-refractivity contribution is -0.136. The number of nitrogens with zero attached hydrogens (tertiary/aromatic N) is 2. The molecule has 0 aromatic heterocycles. The molecule has 5 nitrogen and oxygen atoms in total. The molecule has 1 heterocycles. The van der Waals surface area contributed by atoms with Crippen molar-refractivity contribution in [3.05, 3.63) is 30.1 Å². The van der Waals surface area contributed by atoms with E-state index in [1.165, 1.54) is 17.0 Å². The zero-order valence-electron chi connectivity index (χ0n) is 10.7. The number of halogens is 1. The molecule has 1 unspecified atom stereocenters. The van der Waals surface area contributed by atoms with Crippen LogP contribution in [0.25, 0.3) is 0 Å². The molecule has 2 rings (SSSR count). The van der Waals surface area contributed by atoms with E-state index in [2.05, 4.69) is 0 Å². The molecule has 19 heavy (non-hydrogen) atoms. The minimum absolute atomic E-state index is 0.00176. The van der Waals surface area contributed by atoms with Crippen LogP contribution in [0.1, 0.15) is 6.92 Å². The molecule has 1 saturated heterocycles. The molecule has 0 radical (unpaired) electrons. The van der Waals surface area contributed by atoms with Gasteiger partial charge in [0.2, 0.25) is 15.9 Å². The van der Waals surface area contributed by atoms with Crippen molar-refractivity contribution in [2.24, 2.45) is 0 Å². The van der Waals surface area contributed by atoms with Crippen molar-refractivity contribution in [1.82, 2.24) is 9.21 Å². The summed E-state index contributed by atoms with van der Waals surface area (Å²) < 4.78 is 38.8. The summed E-state index contributed by atoms with van der Waals surface area (Å²) in [5, 5.41) is 0. The van der Waals surface area contributed by atoms with E-state index in [-0.39, 0.29) is 17.3 Å². The van der Waals surface area contributed by atoms with Gasteiger partial charge >= 0.3 is 0 Å². The summed E-state index contributed by atoms with van der Waals surface area (Å²) in [4.78, 5) is 13.3. The Hall–Kier alpha value is -1.47. The molecule has 0 aliphatic carbocycles. The van der Waals surface area contributed by atoms with Gasteiger partial charge in [0.15, 0.2) is 0 Å². The van der Waals surface area contributed by atoms with Gasteiger partial charge in [0, 0.05) is 20.1 Å². The Labute approximate surface area is 111 Å². The number of piperazine rings is 1. The number of carbonyl (C=O) groups is 1. The fourth-order valence-electron chi connectivity index (χ4n) is 2.06. The van der Waals surface area contributed by atoms with Crippen LogP contribution < -0.4 is 0 Å². The number of rotatable bonds is 2. The summed E-state index contributed by atoms with van der Waals surface area (Å²) in [6.07, 6.45) is 0. The number of sulfonamides is 1. The topological polar surface area (TPSA) is 57.7 Å². The van der Waals surface area contributed by atoms with Gasteiger partial charge in [-0.1, -0.05) is 0 Å². The van der Waals surface area contributed by atoms with Gasteiger partial charge in [-0.25, -0.2) is 12.8 Å². The lowest BCUT2D eigenvalue weighted by Gasteiger charge is -2.36. The van der Waals surface area contributed by atoms with Crippen LogP contribution in [0.3, 0.4) is 0 Å². The number of likely N-dealkylation sites (N-methyl/N-ethyl adjacent to an activating group) is 1. The largest absolute Gasteiger partial charge is 0.343 e. The predicted octanol–water partition coefficient (Wildman–Crippen LogP) is 0.677. The van der Waals surface area contributed by atoms with Crippen LogP contribution in [0.2, 0.25) is 0 Å². The molecular weight excluding hydrogens is 271 g/mol. The molecule has 1 amide bonds. The Morgan fingerprint density at radius 1 is 1.21 bits per heavy atom. The Morgan fingerprint density at radius 2 is 1.79 bits per heavy atom. The van der Waals surface area contributed by atoms with Gasteiger partial charge in [-0.3, -0.25) is 4.79 Å². The lowest BCUT2D eigenvalue weighted by atomic mass is 10.2. The minimum Gasteiger partial charge on any atom is -0.343 e. The number of hydrogen-bond acceptors (Lipinski definition) is 3. The molecule has 1 aliphatic heterocycles. The van der Waals surface area contributed by atoms with Crippen LogP contribution in [-0.4, -0.2) is 49.7 Å². The van der Waals surface area contributed by atoms with Crippen molar-refractivity contribution >= 4 is 15.9 Å². The first-order valence-electron chi connectivity index (χ1n) is 5.86. The molecule has 1 aliphatic rings. The lowest BCUT2D eigenvalue weighted by Crippen LogP contribution is -2.56. The number of hydrogen-bond donors (Lipinski definition) is 0. The highest BCUT2D eigenvalue weighted by Crippen LogP contribution is 2.21. The van der Waals surface area contributed by atoms with E-state index in [1.54, 1.807) is 14.0 Å². The van der Waals surface area contributed by atoms with Crippen molar-refractivity contribution < 1.29 is 17.6 Å². The Bertz CT molecular complexity index is 585. The van der Waals surface area contributed by atoms with Gasteiger partial charge in [0.25, 0.3) is 0 Å². The Morgan fingerprint density at radius 3 is 2.37 bits per heavy atom. The number of carbonyl (C=O) groups excluding carboxylic acids is 1. The highest BCUT2D eigenvalue weighted by Gasteiger charge is 2.37. The number of amides is 1. The first-order chi connectivity index (χ1) is 8.84. The summed E-state index contributed by atoms with van der Waals surface area (Å²) in [5.41, 5.74) is 0. The van der Waals surface area contributed by atoms with E-state index >= 15 is 0 Å². The van der Waals surface area contributed by atoms with E-state index < -0.39 is 21.9 Å². The number of benzene rings is 1. The molecule has 0 spiro atoms. The molecular formula is C12H15FN2O3S. The van der Waals surface area contributed by atoms with Crippen LogP contribution in [-0.2, 0) is 14.8 Å². The molecule has 0 bridgehead atoms. The monoisotopic (exact) mass is 286 g/mol. The van der Waals surface area contributed by atoms with Crippen molar-refractivity contribution in [3.8, 4) is 0 Å². The zero-order valence-corrected chi connectivity index (χ0v) is 11.5. The maximum Gasteiger partial charge on any atom is 0.243 e. The standard InChI is InChI=1S/C12H15FN2O3S/c1-9-12(16)14(2)7-8-15(9)19(17,18)11-5-3-10(13)4-6-11/h3-6,9H,7-8H2,1-2H3. The van der Waals surface area contributed by atoms with Crippen LogP contribution in [0.15, 0.2) is 29.2 Å². The van der Waals surface area contributed by atoms with Crippen molar-refractivity contribution in [1.29, 1.82) is 0 Å². The third kappa shape index (κ3) is 2.48. The van der Waals surface area contributed by atoms with Crippen molar-refractivity contribution in [3.63, 3.8) is 0 Å². The van der Waals surface area contributed by atoms with Crippen LogP contribution >= 0.6 is 0 Å². The smallest absolute Gasteiger partial charge is 0.243 e. The fourth-order valence-corrected chi connectivity index (χ4v) is 3.64. The van der Waals surface area contributed by atoms with Gasteiger partial charge in [-0.15, -0.1) is 0 Å². The summed E-state index contributed by atoms with van der Waals surface area (Å²) in [6.45, 7) is 2.14. The fraction of sp³-hybridized carbons (Fsp3) is 0.417. The molecule has 7 heteroatoms. The molecule has 1 aromatic carbocycles. The Balaban J connectivity index is 2.35. The van der Waals surface area contributed by atoms with Gasteiger partial charge in [-0.2, -0.15) is 4.31 Å². The maximum atomic E-state index is 12.8. The van der Waals surface area contributed by atoms with Crippen molar-refractivity contribution in [2.45, 2.75) is 17.9 Å². The van der Waals surface area contributed by atoms with Crippen LogP contribution in [0.5, 0.6) is 0 Å². The third-order valence-corrected chi connectivity index (χ3v) is 5.23. The first kappa shape index (κ1) is 14.0. The summed E-state index contributed by atoms with van der Waals surface area (Å²) in [5.74, 6) is -0.738. The van der Waals surface area contributed by atoms with E-state index in [0.717, 1.165) is 16.4 Å². The van der Waals surface area contributed by atoms with Gasteiger partial charge in [-0.05, 0) is 31.2 Å². The van der Waals surface area contributed by atoms with Gasteiger partial charge in [0.05, 0.1) is 4.90 Å². The summed E-state index contributed by atoms with van der Waals surface area (Å²) in [6, 6.07) is 3.86. The predicted molar refractivity (Wildman–Crippen MR) is 67.4 cm³/mol. The molecule has 0 N–H and O–H groups in total. The normalized spacial score (nSPS) is 21.7. The molecule has 1 atom stereocenters. The molecule has 1 fully saturated rings. The highest BCUT2D eigenvalue weighted by atomic mass is 32.2.